The Kier molecular flexibility index (Phi) is 3.56. The molecule has 0 aliphatic carbocycles. The third kappa shape index (κ3) is 2.60. The summed E-state index contributed by atoms with van der Waals surface area (Å²) in [5.74, 6) is 0.848. The summed E-state index contributed by atoms with van der Waals surface area (Å²) in [6.07, 6.45) is 5.68. The molecule has 102 valence electrons. The molecule has 0 saturated carbocycles. The first-order valence-electron chi connectivity index (χ1n) is 6.38. The van der Waals surface area contributed by atoms with E-state index in [4.69, 9.17) is 16.1 Å². The summed E-state index contributed by atoms with van der Waals surface area (Å²) >= 11 is 6.05. The van der Waals surface area contributed by atoms with Crippen molar-refractivity contribution >= 4 is 23.6 Å². The zero-order chi connectivity index (χ0) is 13.9. The number of carbonyl (C=O) groups excluding carboxylic acids is 1. The Labute approximate surface area is 121 Å². The molecule has 4 nitrogen and oxygen atoms in total. The highest BCUT2D eigenvalue weighted by Gasteiger charge is 2.21. The molecular formula is C15H13ClN2O2. The average Bonchev–Trinajstić information content (AvgIpc) is 2.93. The van der Waals surface area contributed by atoms with Crippen LogP contribution in [0.3, 0.4) is 0 Å². The second kappa shape index (κ2) is 5.51. The summed E-state index contributed by atoms with van der Waals surface area (Å²) in [5.41, 5.74) is 1.82. The van der Waals surface area contributed by atoms with Crippen LogP contribution < -0.4 is 0 Å². The minimum Gasteiger partial charge on any atom is -0.361 e. The van der Waals surface area contributed by atoms with Gasteiger partial charge in [-0.05, 0) is 17.7 Å². The van der Waals surface area contributed by atoms with Crippen LogP contribution >= 0.6 is 11.6 Å². The fourth-order valence-electron chi connectivity index (χ4n) is 2.21. The van der Waals surface area contributed by atoms with E-state index in [-0.39, 0.29) is 5.91 Å². The molecule has 1 aliphatic heterocycles. The highest BCUT2D eigenvalue weighted by Crippen LogP contribution is 2.19. The van der Waals surface area contributed by atoms with Gasteiger partial charge in [-0.2, -0.15) is 0 Å². The van der Waals surface area contributed by atoms with E-state index in [0.717, 1.165) is 16.9 Å². The summed E-state index contributed by atoms with van der Waals surface area (Å²) in [7, 11) is 0. The van der Waals surface area contributed by atoms with Gasteiger partial charge in [-0.3, -0.25) is 4.79 Å². The van der Waals surface area contributed by atoms with E-state index in [0.29, 0.717) is 24.5 Å². The molecule has 0 fully saturated rings. The van der Waals surface area contributed by atoms with Crippen molar-refractivity contribution in [3.8, 4) is 0 Å². The first-order valence-corrected chi connectivity index (χ1v) is 6.76. The largest absolute Gasteiger partial charge is 0.361 e. The lowest BCUT2D eigenvalue weighted by molar-refractivity contribution is -0.126. The van der Waals surface area contributed by atoms with Crippen molar-refractivity contribution in [1.82, 2.24) is 10.1 Å². The van der Waals surface area contributed by atoms with E-state index in [9.17, 15) is 4.79 Å². The number of fused-ring (bicyclic) bond motifs is 1. The molecule has 2 heterocycles. The van der Waals surface area contributed by atoms with Crippen molar-refractivity contribution in [2.24, 2.45) is 0 Å². The van der Waals surface area contributed by atoms with Crippen LogP contribution in [0.25, 0.3) is 6.08 Å². The number of halogens is 1. The first kappa shape index (κ1) is 12.9. The van der Waals surface area contributed by atoms with Crippen molar-refractivity contribution in [2.75, 3.05) is 6.54 Å². The number of benzene rings is 1. The number of carbonyl (C=O) groups is 1. The van der Waals surface area contributed by atoms with Gasteiger partial charge in [-0.1, -0.05) is 35.0 Å². The smallest absolute Gasteiger partial charge is 0.246 e. The van der Waals surface area contributed by atoms with Crippen LogP contribution in [0.4, 0.5) is 0 Å². The highest BCUT2D eigenvalue weighted by atomic mass is 35.5. The molecule has 20 heavy (non-hydrogen) atoms. The third-order valence-corrected chi connectivity index (χ3v) is 3.67. The molecule has 1 aromatic carbocycles. The van der Waals surface area contributed by atoms with Gasteiger partial charge < -0.3 is 9.42 Å². The number of nitrogens with zero attached hydrogens (tertiary/aromatic N) is 2. The summed E-state index contributed by atoms with van der Waals surface area (Å²) in [6, 6.07) is 7.43. The zero-order valence-corrected chi connectivity index (χ0v) is 11.5. The molecule has 0 spiro atoms. The molecule has 0 saturated heterocycles. The van der Waals surface area contributed by atoms with Gasteiger partial charge in [0.2, 0.25) is 5.91 Å². The number of amides is 1. The summed E-state index contributed by atoms with van der Waals surface area (Å²) in [5, 5.41) is 4.39. The topological polar surface area (TPSA) is 46.3 Å². The summed E-state index contributed by atoms with van der Waals surface area (Å²) < 4.78 is 5.11. The molecule has 2 aromatic rings. The predicted octanol–water partition coefficient (Wildman–Crippen LogP) is 2.93. The van der Waals surface area contributed by atoms with Crippen LogP contribution in [0.15, 0.2) is 41.1 Å². The minimum atomic E-state index is -0.0308. The van der Waals surface area contributed by atoms with Crippen molar-refractivity contribution in [3.63, 3.8) is 0 Å². The van der Waals surface area contributed by atoms with E-state index in [2.05, 4.69) is 5.16 Å². The monoisotopic (exact) mass is 288 g/mol. The summed E-state index contributed by atoms with van der Waals surface area (Å²) in [4.78, 5) is 13.9. The maximum absolute atomic E-state index is 12.2. The molecular weight excluding hydrogens is 276 g/mol. The van der Waals surface area contributed by atoms with Crippen molar-refractivity contribution < 1.29 is 9.32 Å². The number of rotatable bonds is 2. The van der Waals surface area contributed by atoms with Crippen LogP contribution in [0.1, 0.15) is 16.9 Å². The molecule has 0 N–H and O–H groups in total. The van der Waals surface area contributed by atoms with E-state index < -0.39 is 0 Å². The normalized spacial score (nSPS) is 14.6. The molecule has 1 aliphatic rings. The SMILES string of the molecule is O=C(C=Cc1ccccc1Cl)N1CCc2oncc2C1. The number of hydrogen-bond donors (Lipinski definition) is 0. The third-order valence-electron chi connectivity index (χ3n) is 3.32. The van der Waals surface area contributed by atoms with Crippen LogP contribution in [0, 0.1) is 0 Å². The van der Waals surface area contributed by atoms with Gasteiger partial charge in [0.05, 0.1) is 12.7 Å². The second-order valence-corrected chi connectivity index (χ2v) is 5.05. The molecule has 0 atom stereocenters. The Bertz CT molecular complexity index is 663. The van der Waals surface area contributed by atoms with Gasteiger partial charge in [0.15, 0.2) is 0 Å². The van der Waals surface area contributed by atoms with Crippen LogP contribution in [0.5, 0.6) is 0 Å². The van der Waals surface area contributed by atoms with Crippen LogP contribution in [0.2, 0.25) is 5.02 Å². The maximum atomic E-state index is 12.2. The molecule has 0 radical (unpaired) electrons. The van der Waals surface area contributed by atoms with Gasteiger partial charge in [0.1, 0.15) is 5.76 Å². The number of aromatic nitrogens is 1. The van der Waals surface area contributed by atoms with E-state index in [1.54, 1.807) is 29.3 Å². The van der Waals surface area contributed by atoms with Gasteiger partial charge in [-0.25, -0.2) is 0 Å². The minimum absolute atomic E-state index is 0.0308. The fraction of sp³-hybridized carbons (Fsp3) is 0.200. The fourth-order valence-corrected chi connectivity index (χ4v) is 2.40. The van der Waals surface area contributed by atoms with Gasteiger partial charge in [-0.15, -0.1) is 0 Å². The lowest BCUT2D eigenvalue weighted by Gasteiger charge is -2.24. The first-order chi connectivity index (χ1) is 9.74. The van der Waals surface area contributed by atoms with Crippen molar-refractivity contribution in [3.05, 3.63) is 58.4 Å². The predicted molar refractivity (Wildman–Crippen MR) is 76.1 cm³/mol. The Morgan fingerprint density at radius 3 is 3.10 bits per heavy atom. The van der Waals surface area contributed by atoms with Gasteiger partial charge in [0, 0.05) is 29.6 Å². The Hall–Kier alpha value is -2.07. The van der Waals surface area contributed by atoms with Gasteiger partial charge in [0.25, 0.3) is 0 Å². The van der Waals surface area contributed by atoms with E-state index in [1.807, 2.05) is 18.2 Å². The summed E-state index contributed by atoms with van der Waals surface area (Å²) in [6.45, 7) is 1.19. The standard InChI is InChI=1S/C15H13ClN2O2/c16-13-4-2-1-3-11(13)5-6-15(19)18-8-7-14-12(10-18)9-17-20-14/h1-6,9H,7-8,10H2. The lowest BCUT2D eigenvalue weighted by Crippen LogP contribution is -2.34. The Morgan fingerprint density at radius 2 is 2.25 bits per heavy atom. The quantitative estimate of drug-likeness (QED) is 0.798. The van der Waals surface area contributed by atoms with Crippen LogP contribution in [-0.4, -0.2) is 22.5 Å². The zero-order valence-electron chi connectivity index (χ0n) is 10.8. The maximum Gasteiger partial charge on any atom is 0.246 e. The molecule has 1 aromatic heterocycles. The highest BCUT2D eigenvalue weighted by molar-refractivity contribution is 6.32. The Balaban J connectivity index is 1.70. The van der Waals surface area contributed by atoms with E-state index in [1.165, 1.54) is 0 Å². The molecule has 5 heteroatoms. The van der Waals surface area contributed by atoms with Crippen LogP contribution in [-0.2, 0) is 17.8 Å². The average molecular weight is 289 g/mol. The lowest BCUT2D eigenvalue weighted by atomic mass is 10.1. The molecule has 3 rings (SSSR count). The Morgan fingerprint density at radius 1 is 1.40 bits per heavy atom. The van der Waals surface area contributed by atoms with Gasteiger partial charge >= 0.3 is 0 Å². The molecule has 1 amide bonds. The van der Waals surface area contributed by atoms with Crippen molar-refractivity contribution in [2.45, 2.75) is 13.0 Å². The molecule has 0 unspecified atom stereocenters. The second-order valence-electron chi connectivity index (χ2n) is 4.64. The van der Waals surface area contributed by atoms with Crippen molar-refractivity contribution in [1.29, 1.82) is 0 Å². The molecule has 0 bridgehead atoms. The number of hydrogen-bond acceptors (Lipinski definition) is 3. The van der Waals surface area contributed by atoms with E-state index >= 15 is 0 Å².